The van der Waals surface area contributed by atoms with Gasteiger partial charge in [-0.05, 0) is 23.8 Å². The summed E-state index contributed by atoms with van der Waals surface area (Å²) in [6.07, 6.45) is 0. The summed E-state index contributed by atoms with van der Waals surface area (Å²) in [4.78, 5) is 12.5. The van der Waals surface area contributed by atoms with E-state index in [4.69, 9.17) is 9.47 Å². The summed E-state index contributed by atoms with van der Waals surface area (Å²) in [6, 6.07) is 24.3. The molecule has 0 amide bonds. The van der Waals surface area contributed by atoms with Crippen molar-refractivity contribution in [2.24, 2.45) is 0 Å². The Labute approximate surface area is 141 Å². The number of carbonyl (C=O) groups excluding carboxylic acids is 1. The van der Waals surface area contributed by atoms with E-state index in [0.29, 0.717) is 29.2 Å². The van der Waals surface area contributed by atoms with Gasteiger partial charge in [0.25, 0.3) is 0 Å². The smallest absolute Gasteiger partial charge is 0.193 e. The average molecular weight is 318 g/mol. The molecule has 0 heterocycles. The minimum absolute atomic E-state index is 0.0384. The average Bonchev–Trinajstić information content (AvgIpc) is 2.67. The number of methoxy groups -OCH3 is 1. The van der Waals surface area contributed by atoms with Crippen molar-refractivity contribution >= 4 is 5.78 Å². The van der Waals surface area contributed by atoms with Crippen LogP contribution in [0.4, 0.5) is 0 Å². The molecule has 3 nitrogen and oxygen atoms in total. The van der Waals surface area contributed by atoms with Gasteiger partial charge in [-0.25, -0.2) is 0 Å². The Hall–Kier alpha value is -3.07. The van der Waals surface area contributed by atoms with Crippen LogP contribution < -0.4 is 9.47 Å². The summed E-state index contributed by atoms with van der Waals surface area (Å²) in [5.41, 5.74) is 2.30. The highest BCUT2D eigenvalue weighted by atomic mass is 16.5. The van der Waals surface area contributed by atoms with E-state index in [0.717, 1.165) is 5.56 Å². The number of carbonyl (C=O) groups is 1. The standard InChI is InChI=1S/C21H18O3/c1-23-20-14-18(21(22)17-10-6-3-7-11-17)12-13-19(20)24-15-16-8-4-2-5-9-16/h2-14H,15H2,1H3. The van der Waals surface area contributed by atoms with Crippen molar-refractivity contribution in [2.45, 2.75) is 6.61 Å². The Morgan fingerprint density at radius 3 is 2.12 bits per heavy atom. The van der Waals surface area contributed by atoms with Gasteiger partial charge in [-0.3, -0.25) is 4.79 Å². The second kappa shape index (κ2) is 7.47. The molecule has 3 heteroatoms. The summed E-state index contributed by atoms with van der Waals surface area (Å²) in [7, 11) is 1.57. The summed E-state index contributed by atoms with van der Waals surface area (Å²) >= 11 is 0. The van der Waals surface area contributed by atoms with Gasteiger partial charge in [0.05, 0.1) is 7.11 Å². The van der Waals surface area contributed by atoms with Crippen LogP contribution in [0.25, 0.3) is 0 Å². The fourth-order valence-electron chi connectivity index (χ4n) is 2.42. The van der Waals surface area contributed by atoms with E-state index in [-0.39, 0.29) is 5.78 Å². The lowest BCUT2D eigenvalue weighted by molar-refractivity contribution is 0.103. The van der Waals surface area contributed by atoms with Crippen LogP contribution in [-0.4, -0.2) is 12.9 Å². The van der Waals surface area contributed by atoms with Crippen molar-refractivity contribution < 1.29 is 14.3 Å². The molecule has 120 valence electrons. The molecule has 3 aromatic carbocycles. The van der Waals surface area contributed by atoms with Gasteiger partial charge < -0.3 is 9.47 Å². The number of hydrogen-bond acceptors (Lipinski definition) is 3. The molecular weight excluding hydrogens is 300 g/mol. The first-order valence-corrected chi connectivity index (χ1v) is 7.72. The zero-order valence-corrected chi connectivity index (χ0v) is 13.4. The third-order valence-electron chi connectivity index (χ3n) is 3.70. The van der Waals surface area contributed by atoms with Gasteiger partial charge >= 0.3 is 0 Å². The van der Waals surface area contributed by atoms with Crippen molar-refractivity contribution in [3.8, 4) is 11.5 Å². The summed E-state index contributed by atoms with van der Waals surface area (Å²) in [5.74, 6) is 1.13. The van der Waals surface area contributed by atoms with Crippen molar-refractivity contribution in [1.29, 1.82) is 0 Å². The molecule has 0 fully saturated rings. The lowest BCUT2D eigenvalue weighted by Gasteiger charge is -2.12. The highest BCUT2D eigenvalue weighted by molar-refractivity contribution is 6.09. The molecule has 0 unspecified atom stereocenters. The van der Waals surface area contributed by atoms with Crippen LogP contribution in [0.3, 0.4) is 0 Å². The quantitative estimate of drug-likeness (QED) is 0.628. The molecule has 0 spiro atoms. The molecule has 0 aliphatic heterocycles. The molecular formula is C21H18O3. The first-order valence-electron chi connectivity index (χ1n) is 7.72. The number of benzene rings is 3. The number of ether oxygens (including phenoxy) is 2. The van der Waals surface area contributed by atoms with Crippen LogP contribution in [0.2, 0.25) is 0 Å². The Kier molecular flexibility index (Phi) is 4.92. The minimum Gasteiger partial charge on any atom is -0.493 e. The maximum Gasteiger partial charge on any atom is 0.193 e. The molecule has 0 aromatic heterocycles. The highest BCUT2D eigenvalue weighted by Gasteiger charge is 2.13. The van der Waals surface area contributed by atoms with Crippen LogP contribution in [0.5, 0.6) is 11.5 Å². The molecule has 24 heavy (non-hydrogen) atoms. The van der Waals surface area contributed by atoms with Crippen molar-refractivity contribution in [1.82, 2.24) is 0 Å². The van der Waals surface area contributed by atoms with E-state index in [9.17, 15) is 4.79 Å². The molecule has 0 saturated carbocycles. The van der Waals surface area contributed by atoms with E-state index < -0.39 is 0 Å². The fourth-order valence-corrected chi connectivity index (χ4v) is 2.42. The molecule has 0 N–H and O–H groups in total. The molecule has 0 saturated heterocycles. The van der Waals surface area contributed by atoms with Gasteiger partial charge in [-0.15, -0.1) is 0 Å². The maximum atomic E-state index is 12.5. The third kappa shape index (κ3) is 3.63. The van der Waals surface area contributed by atoms with Crippen molar-refractivity contribution in [3.05, 3.63) is 95.6 Å². The highest BCUT2D eigenvalue weighted by Crippen LogP contribution is 2.29. The first kappa shape index (κ1) is 15.8. The van der Waals surface area contributed by atoms with Crippen LogP contribution in [0.15, 0.2) is 78.9 Å². The summed E-state index contributed by atoms with van der Waals surface area (Å²) in [6.45, 7) is 0.448. The lowest BCUT2D eigenvalue weighted by Crippen LogP contribution is -2.03. The predicted octanol–water partition coefficient (Wildman–Crippen LogP) is 4.51. The number of ketones is 1. The maximum absolute atomic E-state index is 12.5. The molecule has 0 aliphatic rings. The van der Waals surface area contributed by atoms with Gasteiger partial charge in [0, 0.05) is 11.1 Å². The first-order chi connectivity index (χ1) is 11.8. The fraction of sp³-hybridized carbons (Fsp3) is 0.0952. The Bertz CT molecular complexity index is 811. The summed E-state index contributed by atoms with van der Waals surface area (Å²) in [5, 5.41) is 0. The van der Waals surface area contributed by atoms with Gasteiger partial charge in [0.2, 0.25) is 0 Å². The largest absolute Gasteiger partial charge is 0.493 e. The van der Waals surface area contributed by atoms with Gasteiger partial charge in [0.15, 0.2) is 17.3 Å². The van der Waals surface area contributed by atoms with Gasteiger partial charge in [-0.2, -0.15) is 0 Å². The topological polar surface area (TPSA) is 35.5 Å². The zero-order chi connectivity index (χ0) is 16.8. The Morgan fingerprint density at radius 2 is 1.46 bits per heavy atom. The molecule has 0 atom stereocenters. The molecule has 0 aliphatic carbocycles. The molecule has 0 radical (unpaired) electrons. The van der Waals surface area contributed by atoms with Gasteiger partial charge in [0.1, 0.15) is 6.61 Å². The second-order valence-corrected chi connectivity index (χ2v) is 5.34. The van der Waals surface area contributed by atoms with E-state index in [1.165, 1.54) is 0 Å². The minimum atomic E-state index is -0.0384. The van der Waals surface area contributed by atoms with Crippen LogP contribution in [-0.2, 0) is 6.61 Å². The molecule has 0 bridgehead atoms. The molecule has 3 rings (SSSR count). The van der Waals surface area contributed by atoms with E-state index >= 15 is 0 Å². The SMILES string of the molecule is COc1cc(C(=O)c2ccccc2)ccc1OCc1ccccc1. The van der Waals surface area contributed by atoms with Crippen LogP contribution in [0, 0.1) is 0 Å². The summed E-state index contributed by atoms with van der Waals surface area (Å²) < 4.78 is 11.2. The second-order valence-electron chi connectivity index (χ2n) is 5.34. The Morgan fingerprint density at radius 1 is 0.792 bits per heavy atom. The number of rotatable bonds is 6. The van der Waals surface area contributed by atoms with Crippen molar-refractivity contribution in [3.63, 3.8) is 0 Å². The third-order valence-corrected chi connectivity index (χ3v) is 3.70. The van der Waals surface area contributed by atoms with Gasteiger partial charge in [-0.1, -0.05) is 60.7 Å². The van der Waals surface area contributed by atoms with E-state index in [1.807, 2.05) is 48.5 Å². The monoisotopic (exact) mass is 318 g/mol. The van der Waals surface area contributed by atoms with Crippen LogP contribution in [0.1, 0.15) is 21.5 Å². The molecule has 3 aromatic rings. The van der Waals surface area contributed by atoms with Crippen LogP contribution >= 0.6 is 0 Å². The Balaban J connectivity index is 1.79. The van der Waals surface area contributed by atoms with E-state index in [1.54, 1.807) is 37.4 Å². The predicted molar refractivity (Wildman–Crippen MR) is 93.6 cm³/mol. The number of hydrogen-bond donors (Lipinski definition) is 0. The van der Waals surface area contributed by atoms with E-state index in [2.05, 4.69) is 0 Å². The normalized spacial score (nSPS) is 10.2. The lowest BCUT2D eigenvalue weighted by atomic mass is 10.0. The zero-order valence-electron chi connectivity index (χ0n) is 13.4. The van der Waals surface area contributed by atoms with Crippen molar-refractivity contribution in [2.75, 3.05) is 7.11 Å².